The first kappa shape index (κ1) is 19.7. The Kier molecular flexibility index (Phi) is 5.94. The number of aromatic nitrogens is 2. The number of amides is 1. The first-order chi connectivity index (χ1) is 14.0. The van der Waals surface area contributed by atoms with Gasteiger partial charge in [0.15, 0.2) is 5.78 Å². The van der Waals surface area contributed by atoms with E-state index in [1.807, 2.05) is 0 Å². The number of anilines is 3. The third-order valence-electron chi connectivity index (χ3n) is 4.03. The molecule has 3 aromatic rings. The number of benzene rings is 2. The second-order valence-corrected chi connectivity index (χ2v) is 6.04. The summed E-state index contributed by atoms with van der Waals surface area (Å²) in [4.78, 5) is 43.7. The Morgan fingerprint density at radius 2 is 1.66 bits per heavy atom. The lowest BCUT2D eigenvalue weighted by molar-refractivity contribution is 0.0601. The number of para-hydroxylation sites is 1. The normalized spacial score (nSPS) is 10.1. The minimum atomic E-state index is -0.479. The number of methoxy groups -OCH3 is 1. The lowest BCUT2D eigenvalue weighted by Crippen LogP contribution is -2.14. The van der Waals surface area contributed by atoms with Gasteiger partial charge in [-0.1, -0.05) is 12.1 Å². The molecular formula is C21H18N4O4. The van der Waals surface area contributed by atoms with Crippen molar-refractivity contribution in [3.8, 4) is 0 Å². The van der Waals surface area contributed by atoms with Crippen molar-refractivity contribution in [3.05, 3.63) is 77.7 Å². The Balaban J connectivity index is 1.69. The van der Waals surface area contributed by atoms with Crippen molar-refractivity contribution in [2.45, 2.75) is 6.92 Å². The molecule has 0 saturated heterocycles. The number of esters is 1. The maximum atomic E-state index is 12.3. The molecule has 0 bridgehead atoms. The molecule has 0 fully saturated rings. The van der Waals surface area contributed by atoms with Crippen LogP contribution >= 0.6 is 0 Å². The van der Waals surface area contributed by atoms with Crippen molar-refractivity contribution in [2.75, 3.05) is 17.7 Å². The number of carbonyl (C=O) groups is 3. The van der Waals surface area contributed by atoms with Crippen LogP contribution in [0.5, 0.6) is 0 Å². The molecule has 0 spiro atoms. The molecule has 1 aromatic heterocycles. The SMILES string of the molecule is COC(=O)c1ccccc1Nc1cnc(C(=O)Nc2ccc(C(C)=O)cc2)cn1. The van der Waals surface area contributed by atoms with Gasteiger partial charge in [0.05, 0.1) is 30.8 Å². The number of Topliss-reactive ketones (excluding diaryl/α,β-unsaturated/α-hetero) is 1. The summed E-state index contributed by atoms with van der Waals surface area (Å²) >= 11 is 0. The van der Waals surface area contributed by atoms with Gasteiger partial charge in [0.25, 0.3) is 5.91 Å². The molecule has 0 aliphatic carbocycles. The van der Waals surface area contributed by atoms with Crippen LogP contribution in [-0.2, 0) is 4.74 Å². The predicted octanol–water partition coefficient (Wildman–Crippen LogP) is 3.46. The van der Waals surface area contributed by atoms with E-state index in [1.54, 1.807) is 48.5 Å². The Labute approximate surface area is 167 Å². The highest BCUT2D eigenvalue weighted by Crippen LogP contribution is 2.20. The predicted molar refractivity (Wildman–Crippen MR) is 107 cm³/mol. The van der Waals surface area contributed by atoms with Crippen molar-refractivity contribution < 1.29 is 19.1 Å². The Morgan fingerprint density at radius 3 is 2.28 bits per heavy atom. The minimum Gasteiger partial charge on any atom is -0.465 e. The lowest BCUT2D eigenvalue weighted by Gasteiger charge is -2.10. The molecule has 2 N–H and O–H groups in total. The zero-order valence-electron chi connectivity index (χ0n) is 15.8. The molecule has 29 heavy (non-hydrogen) atoms. The first-order valence-electron chi connectivity index (χ1n) is 8.66. The van der Waals surface area contributed by atoms with Gasteiger partial charge in [-0.15, -0.1) is 0 Å². The van der Waals surface area contributed by atoms with Gasteiger partial charge in [-0.2, -0.15) is 0 Å². The Bertz CT molecular complexity index is 1050. The summed E-state index contributed by atoms with van der Waals surface area (Å²) in [7, 11) is 1.31. The molecule has 1 heterocycles. The molecule has 8 nitrogen and oxygen atoms in total. The molecule has 8 heteroatoms. The summed E-state index contributed by atoms with van der Waals surface area (Å²) in [5, 5.41) is 5.67. The molecule has 0 saturated carbocycles. The van der Waals surface area contributed by atoms with E-state index in [0.29, 0.717) is 28.3 Å². The average Bonchev–Trinajstić information content (AvgIpc) is 2.74. The summed E-state index contributed by atoms with van der Waals surface area (Å²) in [5.41, 5.74) is 2.08. The summed E-state index contributed by atoms with van der Waals surface area (Å²) in [6.45, 7) is 1.47. The summed E-state index contributed by atoms with van der Waals surface area (Å²) in [6.07, 6.45) is 2.71. The molecule has 0 radical (unpaired) electrons. The highest BCUT2D eigenvalue weighted by Gasteiger charge is 2.13. The van der Waals surface area contributed by atoms with E-state index in [-0.39, 0.29) is 11.5 Å². The highest BCUT2D eigenvalue weighted by atomic mass is 16.5. The van der Waals surface area contributed by atoms with Crippen LogP contribution in [0.3, 0.4) is 0 Å². The molecule has 0 atom stereocenters. The third kappa shape index (κ3) is 4.81. The van der Waals surface area contributed by atoms with E-state index in [2.05, 4.69) is 20.6 Å². The quantitative estimate of drug-likeness (QED) is 0.490. The lowest BCUT2D eigenvalue weighted by atomic mass is 10.1. The third-order valence-corrected chi connectivity index (χ3v) is 4.03. The number of hydrogen-bond acceptors (Lipinski definition) is 7. The zero-order valence-corrected chi connectivity index (χ0v) is 15.8. The number of nitrogens with zero attached hydrogens (tertiary/aromatic N) is 2. The fraction of sp³-hybridized carbons (Fsp3) is 0.0952. The van der Waals surface area contributed by atoms with Crippen molar-refractivity contribution in [1.29, 1.82) is 0 Å². The van der Waals surface area contributed by atoms with Crippen molar-refractivity contribution in [3.63, 3.8) is 0 Å². The molecule has 3 rings (SSSR count). The van der Waals surface area contributed by atoms with Crippen molar-refractivity contribution >= 4 is 34.9 Å². The summed E-state index contributed by atoms with van der Waals surface area (Å²) in [6, 6.07) is 13.4. The largest absolute Gasteiger partial charge is 0.465 e. The van der Waals surface area contributed by atoms with Crippen LogP contribution in [-0.4, -0.2) is 34.7 Å². The maximum Gasteiger partial charge on any atom is 0.339 e. The van der Waals surface area contributed by atoms with E-state index in [4.69, 9.17) is 4.74 Å². The standard InChI is InChI=1S/C21H18N4O4/c1-13(26)14-7-9-15(10-8-14)24-20(27)18-11-23-19(12-22-18)25-17-6-4-3-5-16(17)21(28)29-2/h3-12H,1-2H3,(H,23,25)(H,24,27). The summed E-state index contributed by atoms with van der Waals surface area (Å²) in [5.74, 6) is -0.600. The Hall–Kier alpha value is -4.07. The van der Waals surface area contributed by atoms with Crippen LogP contribution in [0.4, 0.5) is 17.2 Å². The van der Waals surface area contributed by atoms with Crippen molar-refractivity contribution in [2.24, 2.45) is 0 Å². The monoisotopic (exact) mass is 390 g/mol. The summed E-state index contributed by atoms with van der Waals surface area (Å²) < 4.78 is 4.76. The maximum absolute atomic E-state index is 12.3. The second-order valence-electron chi connectivity index (χ2n) is 6.04. The second kappa shape index (κ2) is 8.75. The van der Waals surface area contributed by atoms with Gasteiger partial charge < -0.3 is 15.4 Å². The van der Waals surface area contributed by atoms with Crippen LogP contribution in [0, 0.1) is 0 Å². The minimum absolute atomic E-state index is 0.0504. The molecular weight excluding hydrogens is 372 g/mol. The van der Waals surface area contributed by atoms with E-state index < -0.39 is 11.9 Å². The number of carbonyl (C=O) groups excluding carboxylic acids is 3. The van der Waals surface area contributed by atoms with Gasteiger partial charge in [0, 0.05) is 11.3 Å². The smallest absolute Gasteiger partial charge is 0.339 e. The van der Waals surface area contributed by atoms with Crippen molar-refractivity contribution in [1.82, 2.24) is 9.97 Å². The van der Waals surface area contributed by atoms with E-state index in [0.717, 1.165) is 0 Å². The van der Waals surface area contributed by atoms with Gasteiger partial charge in [-0.3, -0.25) is 9.59 Å². The molecule has 0 aliphatic rings. The van der Waals surface area contributed by atoms with Gasteiger partial charge in [-0.05, 0) is 43.3 Å². The average molecular weight is 390 g/mol. The van der Waals surface area contributed by atoms with Gasteiger partial charge in [0.1, 0.15) is 11.5 Å². The van der Waals surface area contributed by atoms with Gasteiger partial charge in [0.2, 0.25) is 0 Å². The number of ether oxygens (including phenoxy) is 1. The molecule has 0 aliphatic heterocycles. The van der Waals surface area contributed by atoms with Crippen LogP contribution in [0.1, 0.15) is 38.1 Å². The fourth-order valence-electron chi connectivity index (χ4n) is 2.51. The highest BCUT2D eigenvalue weighted by molar-refractivity contribution is 6.03. The number of ketones is 1. The van der Waals surface area contributed by atoms with E-state index in [1.165, 1.54) is 26.4 Å². The topological polar surface area (TPSA) is 110 Å². The van der Waals surface area contributed by atoms with E-state index in [9.17, 15) is 14.4 Å². The number of nitrogens with one attached hydrogen (secondary N) is 2. The Morgan fingerprint density at radius 1 is 0.931 bits per heavy atom. The van der Waals surface area contributed by atoms with Crippen LogP contribution in [0.15, 0.2) is 60.9 Å². The van der Waals surface area contributed by atoms with Gasteiger partial charge >= 0.3 is 5.97 Å². The van der Waals surface area contributed by atoms with Crippen LogP contribution in [0.25, 0.3) is 0 Å². The molecule has 2 aromatic carbocycles. The van der Waals surface area contributed by atoms with Gasteiger partial charge in [-0.25, -0.2) is 14.8 Å². The number of rotatable bonds is 6. The van der Waals surface area contributed by atoms with Crippen LogP contribution < -0.4 is 10.6 Å². The fourth-order valence-corrected chi connectivity index (χ4v) is 2.51. The van der Waals surface area contributed by atoms with Crippen LogP contribution in [0.2, 0.25) is 0 Å². The zero-order chi connectivity index (χ0) is 20.8. The van der Waals surface area contributed by atoms with E-state index >= 15 is 0 Å². The molecule has 146 valence electrons. The molecule has 1 amide bonds. The first-order valence-corrected chi connectivity index (χ1v) is 8.66. The molecule has 0 unspecified atom stereocenters. The number of hydrogen-bond donors (Lipinski definition) is 2.